The summed E-state index contributed by atoms with van der Waals surface area (Å²) < 4.78 is 0. The monoisotopic (exact) mass is 162 g/mol. The summed E-state index contributed by atoms with van der Waals surface area (Å²) in [6.45, 7) is 1.96. The molecule has 0 aliphatic heterocycles. The topological polar surface area (TPSA) is 20.2 Å². The van der Waals surface area contributed by atoms with E-state index in [0.717, 1.165) is 5.56 Å². The van der Waals surface area contributed by atoms with Gasteiger partial charge >= 0.3 is 0 Å². The molecule has 1 aromatic rings. The fourth-order valence-electron chi connectivity index (χ4n) is 1.08. The molecule has 0 heterocycles. The predicted molar refractivity (Wildman–Crippen MR) is 50.8 cm³/mol. The number of aliphatic hydroxyl groups is 1. The molecule has 1 heteroatoms. The molecule has 0 aliphatic rings. The van der Waals surface area contributed by atoms with Gasteiger partial charge in [0, 0.05) is 0 Å². The van der Waals surface area contributed by atoms with E-state index >= 15 is 0 Å². The highest BCUT2D eigenvalue weighted by molar-refractivity contribution is 5.17. The van der Waals surface area contributed by atoms with E-state index < -0.39 is 0 Å². The van der Waals surface area contributed by atoms with Crippen LogP contribution in [0.15, 0.2) is 42.5 Å². The summed E-state index contributed by atoms with van der Waals surface area (Å²) in [5.74, 6) is 0. The van der Waals surface area contributed by atoms with Crippen molar-refractivity contribution in [2.75, 3.05) is 0 Å². The van der Waals surface area contributed by atoms with Crippen molar-refractivity contribution in [1.29, 1.82) is 0 Å². The van der Waals surface area contributed by atoms with E-state index in [-0.39, 0.29) is 6.10 Å². The van der Waals surface area contributed by atoms with E-state index in [0.29, 0.717) is 6.42 Å². The lowest BCUT2D eigenvalue weighted by atomic mass is 10.1. The first-order chi connectivity index (χ1) is 5.84. The maximum absolute atomic E-state index is 9.60. The van der Waals surface area contributed by atoms with Gasteiger partial charge in [-0.15, -0.1) is 0 Å². The van der Waals surface area contributed by atoms with E-state index in [1.54, 1.807) is 0 Å². The average molecular weight is 162 g/mol. The third-order valence-electron chi connectivity index (χ3n) is 1.78. The predicted octanol–water partition coefficient (Wildman–Crippen LogP) is 2.69. The van der Waals surface area contributed by atoms with Crippen LogP contribution in [0.4, 0.5) is 0 Å². The zero-order chi connectivity index (χ0) is 8.81. The number of benzene rings is 1. The van der Waals surface area contributed by atoms with Gasteiger partial charge in [-0.1, -0.05) is 42.5 Å². The quantitative estimate of drug-likeness (QED) is 0.677. The normalized spacial score (nSPS) is 13.5. The third kappa shape index (κ3) is 2.51. The molecule has 0 aliphatic carbocycles. The summed E-state index contributed by atoms with van der Waals surface area (Å²) in [7, 11) is 0. The minimum absolute atomic E-state index is 0.359. The summed E-state index contributed by atoms with van der Waals surface area (Å²) in [4.78, 5) is 0. The van der Waals surface area contributed by atoms with Crippen LogP contribution in [0.3, 0.4) is 0 Å². The second-order valence-electron chi connectivity index (χ2n) is 2.73. The molecule has 12 heavy (non-hydrogen) atoms. The molecule has 64 valence electrons. The van der Waals surface area contributed by atoms with Gasteiger partial charge in [-0.2, -0.15) is 0 Å². The first-order valence-electron chi connectivity index (χ1n) is 4.18. The lowest BCUT2D eigenvalue weighted by Crippen LogP contribution is -1.94. The Bertz CT molecular complexity index is 238. The van der Waals surface area contributed by atoms with E-state index in [1.165, 1.54) is 0 Å². The van der Waals surface area contributed by atoms with Crippen LogP contribution in [0.2, 0.25) is 0 Å². The number of hydrogen-bond donors (Lipinski definition) is 1. The van der Waals surface area contributed by atoms with Crippen molar-refractivity contribution < 1.29 is 5.11 Å². The molecule has 0 radical (unpaired) electrons. The molecule has 1 rings (SSSR count). The maximum Gasteiger partial charge on any atom is 0.0824 e. The third-order valence-corrected chi connectivity index (χ3v) is 1.78. The minimum atomic E-state index is -0.359. The van der Waals surface area contributed by atoms with Gasteiger partial charge in [0.2, 0.25) is 0 Å². The molecule has 0 fully saturated rings. The Hall–Kier alpha value is -1.08. The van der Waals surface area contributed by atoms with E-state index in [9.17, 15) is 5.11 Å². The standard InChI is InChI=1S/C11H14O/c1-2-3-9-11(12)10-7-5-4-6-8-10/h2-8,11-12H,9H2,1H3/b3-2-/t11-/m1/s1. The smallest absolute Gasteiger partial charge is 0.0824 e. The molecule has 0 bridgehead atoms. The van der Waals surface area contributed by atoms with Crippen molar-refractivity contribution in [3.63, 3.8) is 0 Å². The molecule has 1 N–H and O–H groups in total. The van der Waals surface area contributed by atoms with Gasteiger partial charge in [0.25, 0.3) is 0 Å². The van der Waals surface area contributed by atoms with E-state index in [1.807, 2.05) is 49.4 Å². The highest BCUT2D eigenvalue weighted by atomic mass is 16.3. The van der Waals surface area contributed by atoms with Crippen LogP contribution in [0.5, 0.6) is 0 Å². The Kier molecular flexibility index (Phi) is 3.55. The number of allylic oxidation sites excluding steroid dienone is 1. The van der Waals surface area contributed by atoms with Gasteiger partial charge in [0.1, 0.15) is 0 Å². The highest BCUT2D eigenvalue weighted by Crippen LogP contribution is 2.15. The Morgan fingerprint density at radius 1 is 1.33 bits per heavy atom. The van der Waals surface area contributed by atoms with Crippen molar-refractivity contribution in [3.05, 3.63) is 48.0 Å². The van der Waals surface area contributed by atoms with Crippen LogP contribution < -0.4 is 0 Å². The lowest BCUT2D eigenvalue weighted by Gasteiger charge is -2.06. The van der Waals surface area contributed by atoms with Gasteiger partial charge in [0.15, 0.2) is 0 Å². The van der Waals surface area contributed by atoms with Crippen molar-refractivity contribution in [3.8, 4) is 0 Å². The molecular weight excluding hydrogens is 148 g/mol. The van der Waals surface area contributed by atoms with Gasteiger partial charge < -0.3 is 5.11 Å². The molecule has 1 nitrogen and oxygen atoms in total. The summed E-state index contributed by atoms with van der Waals surface area (Å²) >= 11 is 0. The highest BCUT2D eigenvalue weighted by Gasteiger charge is 2.02. The zero-order valence-corrected chi connectivity index (χ0v) is 7.27. The molecule has 1 aromatic carbocycles. The largest absolute Gasteiger partial charge is 0.388 e. The Morgan fingerprint density at radius 3 is 2.58 bits per heavy atom. The van der Waals surface area contributed by atoms with Crippen LogP contribution in [0, 0.1) is 0 Å². The Labute approximate surface area is 73.4 Å². The van der Waals surface area contributed by atoms with Crippen molar-refractivity contribution in [2.45, 2.75) is 19.4 Å². The number of rotatable bonds is 3. The fraction of sp³-hybridized carbons (Fsp3) is 0.273. The second-order valence-corrected chi connectivity index (χ2v) is 2.73. The zero-order valence-electron chi connectivity index (χ0n) is 7.27. The van der Waals surface area contributed by atoms with Crippen LogP contribution >= 0.6 is 0 Å². The summed E-state index contributed by atoms with van der Waals surface area (Å²) in [5, 5.41) is 9.60. The Balaban J connectivity index is 2.59. The first kappa shape index (κ1) is 9.01. The molecule has 0 saturated carbocycles. The molecule has 0 unspecified atom stereocenters. The van der Waals surface area contributed by atoms with Gasteiger partial charge in [0.05, 0.1) is 6.10 Å². The minimum Gasteiger partial charge on any atom is -0.388 e. The van der Waals surface area contributed by atoms with Crippen LogP contribution in [0.25, 0.3) is 0 Å². The molecular formula is C11H14O. The van der Waals surface area contributed by atoms with E-state index in [4.69, 9.17) is 0 Å². The van der Waals surface area contributed by atoms with Crippen molar-refractivity contribution in [1.82, 2.24) is 0 Å². The maximum atomic E-state index is 9.60. The van der Waals surface area contributed by atoms with Crippen LogP contribution in [-0.2, 0) is 0 Å². The summed E-state index contributed by atoms with van der Waals surface area (Å²) in [6, 6.07) is 9.70. The first-order valence-corrected chi connectivity index (χ1v) is 4.18. The van der Waals surface area contributed by atoms with Crippen LogP contribution in [0.1, 0.15) is 25.0 Å². The fourth-order valence-corrected chi connectivity index (χ4v) is 1.08. The van der Waals surface area contributed by atoms with Crippen molar-refractivity contribution >= 4 is 0 Å². The average Bonchev–Trinajstić information content (AvgIpc) is 2.15. The molecule has 0 saturated heterocycles. The molecule has 0 amide bonds. The van der Waals surface area contributed by atoms with Crippen LogP contribution in [-0.4, -0.2) is 5.11 Å². The van der Waals surface area contributed by atoms with Crippen molar-refractivity contribution in [2.24, 2.45) is 0 Å². The number of hydrogen-bond acceptors (Lipinski definition) is 1. The molecule has 0 aromatic heterocycles. The Morgan fingerprint density at radius 2 is 2.00 bits per heavy atom. The molecule has 1 atom stereocenters. The second kappa shape index (κ2) is 4.73. The number of aliphatic hydroxyl groups excluding tert-OH is 1. The summed E-state index contributed by atoms with van der Waals surface area (Å²) in [6.07, 6.45) is 4.26. The van der Waals surface area contributed by atoms with E-state index in [2.05, 4.69) is 0 Å². The van der Waals surface area contributed by atoms with Gasteiger partial charge in [-0.05, 0) is 18.9 Å². The van der Waals surface area contributed by atoms with Gasteiger partial charge in [-0.3, -0.25) is 0 Å². The lowest BCUT2D eigenvalue weighted by molar-refractivity contribution is 0.181. The summed E-state index contributed by atoms with van der Waals surface area (Å²) in [5.41, 5.74) is 0.982. The SMILES string of the molecule is C/C=C\C[C@@H](O)c1ccccc1. The van der Waals surface area contributed by atoms with Gasteiger partial charge in [-0.25, -0.2) is 0 Å². The molecule has 0 spiro atoms.